The second kappa shape index (κ2) is 8.81. The van der Waals surface area contributed by atoms with E-state index in [1.165, 1.54) is 25.9 Å². The summed E-state index contributed by atoms with van der Waals surface area (Å²) in [6, 6.07) is 0. The Morgan fingerprint density at radius 2 is 2.04 bits per heavy atom. The Kier molecular flexibility index (Phi) is 6.48. The third kappa shape index (κ3) is 5.28. The molecule has 2 aliphatic rings. The summed E-state index contributed by atoms with van der Waals surface area (Å²) >= 11 is 0. The summed E-state index contributed by atoms with van der Waals surface area (Å²) in [5.74, 6) is 2.32. The van der Waals surface area contributed by atoms with Crippen LogP contribution in [0.5, 0.6) is 0 Å². The molecule has 6 nitrogen and oxygen atoms in total. The molecule has 0 aliphatic carbocycles. The fourth-order valence-electron chi connectivity index (χ4n) is 4.07. The molecule has 3 rings (SSSR count). The molecule has 1 aromatic rings. The molecule has 2 aliphatic heterocycles. The van der Waals surface area contributed by atoms with Gasteiger partial charge in [-0.1, -0.05) is 6.92 Å². The lowest BCUT2D eigenvalue weighted by Gasteiger charge is -2.32. The maximum atomic E-state index is 12.4. The van der Waals surface area contributed by atoms with E-state index in [-0.39, 0.29) is 11.8 Å². The van der Waals surface area contributed by atoms with Gasteiger partial charge in [0.2, 0.25) is 5.91 Å². The van der Waals surface area contributed by atoms with Gasteiger partial charge in [-0.15, -0.1) is 0 Å². The molecule has 1 aromatic heterocycles. The van der Waals surface area contributed by atoms with Crippen molar-refractivity contribution in [2.45, 2.75) is 39.2 Å². The molecule has 140 valence electrons. The number of nitrogens with zero attached hydrogens (tertiary/aromatic N) is 4. The van der Waals surface area contributed by atoms with Crippen molar-refractivity contribution in [3.63, 3.8) is 0 Å². The summed E-state index contributed by atoms with van der Waals surface area (Å²) in [6.07, 6.45) is 8.38. The van der Waals surface area contributed by atoms with Gasteiger partial charge in [0.1, 0.15) is 5.82 Å². The van der Waals surface area contributed by atoms with Crippen molar-refractivity contribution >= 4 is 5.91 Å². The normalized spacial score (nSPS) is 23.7. The molecule has 6 heteroatoms. The topological polar surface area (TPSA) is 53.4 Å². The molecule has 1 N–H and O–H groups in total. The van der Waals surface area contributed by atoms with Gasteiger partial charge in [0.15, 0.2) is 0 Å². The molecule has 0 bridgehead atoms. The number of amides is 1. The molecule has 1 atom stereocenters. The van der Waals surface area contributed by atoms with Crippen LogP contribution in [0.25, 0.3) is 0 Å². The van der Waals surface area contributed by atoms with Crippen LogP contribution in [-0.4, -0.2) is 64.5 Å². The van der Waals surface area contributed by atoms with Crippen molar-refractivity contribution < 1.29 is 4.79 Å². The molecule has 0 saturated carbocycles. The summed E-state index contributed by atoms with van der Waals surface area (Å²) in [7, 11) is 2.03. The Hall–Kier alpha value is -1.40. The van der Waals surface area contributed by atoms with Crippen LogP contribution in [-0.2, 0) is 18.4 Å². The van der Waals surface area contributed by atoms with Crippen LogP contribution in [0.3, 0.4) is 0 Å². The first-order valence-corrected chi connectivity index (χ1v) is 9.80. The number of piperidine rings is 2. The minimum Gasteiger partial charge on any atom is -0.355 e. The first kappa shape index (κ1) is 18.4. The Bertz CT molecular complexity index is 550. The summed E-state index contributed by atoms with van der Waals surface area (Å²) in [5.41, 5.74) is 0. The van der Waals surface area contributed by atoms with Gasteiger partial charge in [-0.25, -0.2) is 4.98 Å². The second-order valence-electron chi connectivity index (χ2n) is 7.84. The number of aromatic nitrogens is 2. The standard InChI is InChI=1S/C19H33N5O/c1-16-4-3-9-23(14-16)13-8-21-19(25)17-5-10-24(11-6-17)15-18-20-7-12-22(18)2/h7,12,16-17H,3-6,8-11,13-15H2,1-2H3,(H,21,25). The zero-order valence-electron chi connectivity index (χ0n) is 15.8. The highest BCUT2D eigenvalue weighted by Gasteiger charge is 2.25. The fraction of sp³-hybridized carbons (Fsp3) is 0.789. The van der Waals surface area contributed by atoms with Crippen LogP contribution < -0.4 is 5.32 Å². The fourth-order valence-corrected chi connectivity index (χ4v) is 4.07. The zero-order chi connectivity index (χ0) is 17.6. The molecule has 0 radical (unpaired) electrons. The third-order valence-electron chi connectivity index (χ3n) is 5.71. The predicted molar refractivity (Wildman–Crippen MR) is 99.1 cm³/mol. The molecule has 2 fully saturated rings. The molecular formula is C19H33N5O. The van der Waals surface area contributed by atoms with Crippen molar-refractivity contribution in [3.8, 4) is 0 Å². The van der Waals surface area contributed by atoms with Crippen molar-refractivity contribution in [1.82, 2.24) is 24.7 Å². The molecule has 1 amide bonds. The van der Waals surface area contributed by atoms with Crippen LogP contribution in [0.15, 0.2) is 12.4 Å². The molecule has 3 heterocycles. The highest BCUT2D eigenvalue weighted by Crippen LogP contribution is 2.19. The zero-order valence-corrected chi connectivity index (χ0v) is 15.8. The predicted octanol–water partition coefficient (Wildman–Crippen LogP) is 1.48. The van der Waals surface area contributed by atoms with Gasteiger partial charge in [-0.2, -0.15) is 0 Å². The van der Waals surface area contributed by atoms with Crippen LogP contribution in [0.2, 0.25) is 0 Å². The lowest BCUT2D eigenvalue weighted by Crippen LogP contribution is -2.44. The Labute approximate surface area is 151 Å². The minimum atomic E-state index is 0.179. The molecule has 0 spiro atoms. The summed E-state index contributed by atoms with van der Waals surface area (Å²) in [5, 5.41) is 3.17. The van der Waals surface area contributed by atoms with E-state index in [1.807, 2.05) is 19.4 Å². The van der Waals surface area contributed by atoms with E-state index in [4.69, 9.17) is 0 Å². The van der Waals surface area contributed by atoms with E-state index in [1.54, 1.807) is 0 Å². The SMILES string of the molecule is CC1CCCN(CCNC(=O)C2CCN(Cc3nccn3C)CC2)C1. The van der Waals surface area contributed by atoms with Crippen molar-refractivity contribution in [3.05, 3.63) is 18.2 Å². The van der Waals surface area contributed by atoms with Gasteiger partial charge in [-0.3, -0.25) is 9.69 Å². The molecule has 0 aromatic carbocycles. The number of nitrogens with one attached hydrogen (secondary N) is 1. The maximum Gasteiger partial charge on any atom is 0.223 e. The first-order chi connectivity index (χ1) is 12.1. The Balaban J connectivity index is 1.33. The second-order valence-corrected chi connectivity index (χ2v) is 7.84. The number of imidazole rings is 1. The Morgan fingerprint density at radius 3 is 2.72 bits per heavy atom. The number of aryl methyl sites for hydroxylation is 1. The molecule has 2 saturated heterocycles. The summed E-state index contributed by atoms with van der Waals surface area (Å²) in [4.78, 5) is 21.7. The van der Waals surface area contributed by atoms with Gasteiger partial charge in [0.05, 0.1) is 6.54 Å². The summed E-state index contributed by atoms with van der Waals surface area (Å²) in [6.45, 7) is 9.32. The lowest BCUT2D eigenvalue weighted by atomic mass is 9.96. The maximum absolute atomic E-state index is 12.4. The van der Waals surface area contributed by atoms with Crippen molar-refractivity contribution in [2.24, 2.45) is 18.9 Å². The highest BCUT2D eigenvalue weighted by atomic mass is 16.1. The Morgan fingerprint density at radius 1 is 1.24 bits per heavy atom. The smallest absolute Gasteiger partial charge is 0.223 e. The largest absolute Gasteiger partial charge is 0.355 e. The van der Waals surface area contributed by atoms with Crippen LogP contribution in [0, 0.1) is 11.8 Å². The lowest BCUT2D eigenvalue weighted by molar-refractivity contribution is -0.126. The summed E-state index contributed by atoms with van der Waals surface area (Å²) < 4.78 is 2.07. The van der Waals surface area contributed by atoms with E-state index < -0.39 is 0 Å². The van der Waals surface area contributed by atoms with E-state index in [0.29, 0.717) is 0 Å². The molecule has 1 unspecified atom stereocenters. The number of rotatable bonds is 6. The van der Waals surface area contributed by atoms with Gasteiger partial charge in [0.25, 0.3) is 0 Å². The van der Waals surface area contributed by atoms with E-state index in [0.717, 1.165) is 57.3 Å². The van der Waals surface area contributed by atoms with E-state index >= 15 is 0 Å². The van der Waals surface area contributed by atoms with Crippen molar-refractivity contribution in [1.29, 1.82) is 0 Å². The van der Waals surface area contributed by atoms with Gasteiger partial charge >= 0.3 is 0 Å². The number of hydrogen-bond donors (Lipinski definition) is 1. The minimum absolute atomic E-state index is 0.179. The van der Waals surface area contributed by atoms with E-state index in [2.05, 4.69) is 31.6 Å². The number of hydrogen-bond acceptors (Lipinski definition) is 4. The van der Waals surface area contributed by atoms with E-state index in [9.17, 15) is 4.79 Å². The van der Waals surface area contributed by atoms with Gasteiger partial charge < -0.3 is 14.8 Å². The van der Waals surface area contributed by atoms with Crippen LogP contribution in [0.1, 0.15) is 38.4 Å². The van der Waals surface area contributed by atoms with Crippen LogP contribution in [0.4, 0.5) is 0 Å². The number of likely N-dealkylation sites (tertiary alicyclic amines) is 2. The first-order valence-electron chi connectivity index (χ1n) is 9.80. The van der Waals surface area contributed by atoms with Crippen LogP contribution >= 0.6 is 0 Å². The monoisotopic (exact) mass is 347 g/mol. The average molecular weight is 348 g/mol. The molecule has 25 heavy (non-hydrogen) atoms. The van der Waals surface area contributed by atoms with Crippen molar-refractivity contribution in [2.75, 3.05) is 39.3 Å². The highest BCUT2D eigenvalue weighted by molar-refractivity contribution is 5.78. The number of carbonyl (C=O) groups is 1. The molecular weight excluding hydrogens is 314 g/mol. The third-order valence-corrected chi connectivity index (χ3v) is 5.71. The average Bonchev–Trinajstić information content (AvgIpc) is 3.00. The van der Waals surface area contributed by atoms with Gasteiger partial charge in [0, 0.05) is 45.0 Å². The quantitative estimate of drug-likeness (QED) is 0.847. The number of carbonyl (C=O) groups excluding carboxylic acids is 1. The van der Waals surface area contributed by atoms with Gasteiger partial charge in [-0.05, 0) is 51.2 Å².